The van der Waals surface area contributed by atoms with E-state index in [9.17, 15) is 18.0 Å². The lowest BCUT2D eigenvalue weighted by molar-refractivity contribution is -0.141. The number of carbonyl (C=O) groups excluding carboxylic acids is 2. The molecule has 1 aliphatic carbocycles. The second kappa shape index (κ2) is 13.6. The maximum absolute atomic E-state index is 13.4. The molecule has 0 bridgehead atoms. The Morgan fingerprint density at radius 1 is 0.972 bits per heavy atom. The van der Waals surface area contributed by atoms with E-state index in [1.165, 1.54) is 11.4 Å². The predicted octanol–water partition coefficient (Wildman–Crippen LogP) is 4.00. The number of nitrogens with zero attached hydrogens (tertiary/aromatic N) is 2. The lowest BCUT2D eigenvalue weighted by Crippen LogP contribution is -2.51. The number of benzene rings is 2. The molecule has 36 heavy (non-hydrogen) atoms. The van der Waals surface area contributed by atoms with Crippen molar-refractivity contribution < 1.29 is 18.0 Å². The van der Waals surface area contributed by atoms with Crippen molar-refractivity contribution >= 4 is 21.8 Å². The van der Waals surface area contributed by atoms with Crippen LogP contribution in [0.3, 0.4) is 0 Å². The maximum Gasteiger partial charge on any atom is 0.243 e. The molecule has 8 heteroatoms. The Kier molecular flexibility index (Phi) is 10.5. The largest absolute Gasteiger partial charge is 0.352 e. The number of hydrogen-bond acceptors (Lipinski definition) is 4. The van der Waals surface area contributed by atoms with Gasteiger partial charge in [-0.15, -0.1) is 0 Å². The summed E-state index contributed by atoms with van der Waals surface area (Å²) in [7, 11) is -2.08. The molecule has 3 rings (SSSR count). The summed E-state index contributed by atoms with van der Waals surface area (Å²) in [4.78, 5) is 28.5. The highest BCUT2D eigenvalue weighted by atomic mass is 32.2. The molecule has 1 unspecified atom stereocenters. The van der Waals surface area contributed by atoms with Crippen molar-refractivity contribution in [1.29, 1.82) is 0 Å². The van der Waals surface area contributed by atoms with Gasteiger partial charge >= 0.3 is 0 Å². The highest BCUT2D eigenvalue weighted by Crippen LogP contribution is 2.19. The Bertz CT molecular complexity index is 1070. The van der Waals surface area contributed by atoms with E-state index in [2.05, 4.69) is 5.32 Å². The van der Waals surface area contributed by atoms with Crippen LogP contribution >= 0.6 is 0 Å². The fraction of sp³-hybridized carbons (Fsp3) is 0.500. The zero-order valence-corrected chi connectivity index (χ0v) is 22.3. The van der Waals surface area contributed by atoms with E-state index in [0.717, 1.165) is 31.2 Å². The van der Waals surface area contributed by atoms with Gasteiger partial charge in [0.2, 0.25) is 21.8 Å². The number of hydrogen-bond donors (Lipinski definition) is 1. The number of nitrogens with one attached hydrogen (secondary N) is 1. The van der Waals surface area contributed by atoms with Gasteiger partial charge in [0.05, 0.1) is 4.90 Å². The summed E-state index contributed by atoms with van der Waals surface area (Å²) in [5.74, 6) is -0.209. The third-order valence-electron chi connectivity index (χ3n) is 6.89. The monoisotopic (exact) mass is 513 g/mol. The Balaban J connectivity index is 1.64. The number of carbonyl (C=O) groups is 2. The molecule has 7 nitrogen and oxygen atoms in total. The molecule has 2 aromatic carbocycles. The molecule has 0 radical (unpaired) electrons. The van der Waals surface area contributed by atoms with Gasteiger partial charge in [-0.3, -0.25) is 9.59 Å². The summed E-state index contributed by atoms with van der Waals surface area (Å²) in [5, 5.41) is 3.16. The van der Waals surface area contributed by atoms with Gasteiger partial charge in [-0.1, -0.05) is 68.3 Å². The minimum absolute atomic E-state index is 0.0883. The maximum atomic E-state index is 13.4. The zero-order valence-electron chi connectivity index (χ0n) is 21.4. The van der Waals surface area contributed by atoms with Crippen molar-refractivity contribution in [2.75, 3.05) is 20.1 Å². The van der Waals surface area contributed by atoms with Crippen LogP contribution in [0.15, 0.2) is 65.6 Å². The molecule has 0 spiro atoms. The first-order valence-electron chi connectivity index (χ1n) is 13.0. The molecule has 1 N–H and O–H groups in total. The molecule has 1 atom stereocenters. The lowest BCUT2D eigenvalue weighted by atomic mass is 10.1. The van der Waals surface area contributed by atoms with Crippen molar-refractivity contribution in [2.45, 2.75) is 75.3 Å². The van der Waals surface area contributed by atoms with E-state index < -0.39 is 16.1 Å². The molecule has 0 heterocycles. The average molecular weight is 514 g/mol. The van der Waals surface area contributed by atoms with Gasteiger partial charge in [0.15, 0.2) is 0 Å². The van der Waals surface area contributed by atoms with Gasteiger partial charge in [-0.2, -0.15) is 0 Å². The molecule has 196 valence electrons. The first-order valence-corrected chi connectivity index (χ1v) is 14.4. The van der Waals surface area contributed by atoms with E-state index in [1.54, 1.807) is 35.2 Å². The lowest BCUT2D eigenvalue weighted by Gasteiger charge is -2.31. The zero-order chi connectivity index (χ0) is 26.0. The molecule has 1 fully saturated rings. The standard InChI is InChI=1S/C28H39N3O4S/c1-3-26(28(33)29-24-15-10-11-16-24)31(22-20-23-13-6-4-7-14-23)27(32)19-12-21-30(2)36(34,35)25-17-8-5-9-18-25/h4-9,13-14,17-18,24,26H,3,10-12,15-16,19-22H2,1-2H3,(H,29,33). The molecular weight excluding hydrogens is 474 g/mol. The second-order valence-corrected chi connectivity index (χ2v) is 11.5. The van der Waals surface area contributed by atoms with Gasteiger partial charge in [-0.25, -0.2) is 12.7 Å². The molecule has 0 aromatic heterocycles. The van der Waals surface area contributed by atoms with Crippen molar-refractivity contribution in [3.8, 4) is 0 Å². The van der Waals surface area contributed by atoms with Crippen LogP contribution in [0.2, 0.25) is 0 Å². The van der Waals surface area contributed by atoms with Crippen LogP contribution in [0, 0.1) is 0 Å². The SMILES string of the molecule is CCC(C(=O)NC1CCCC1)N(CCc1ccccc1)C(=O)CCCN(C)S(=O)(=O)c1ccccc1. The van der Waals surface area contributed by atoms with Crippen LogP contribution < -0.4 is 5.32 Å². The topological polar surface area (TPSA) is 86.8 Å². The Morgan fingerprint density at radius 2 is 1.58 bits per heavy atom. The fourth-order valence-electron chi connectivity index (χ4n) is 4.75. The summed E-state index contributed by atoms with van der Waals surface area (Å²) >= 11 is 0. The highest BCUT2D eigenvalue weighted by molar-refractivity contribution is 7.89. The predicted molar refractivity (Wildman–Crippen MR) is 142 cm³/mol. The van der Waals surface area contributed by atoms with E-state index in [1.807, 2.05) is 37.3 Å². The van der Waals surface area contributed by atoms with E-state index in [-0.39, 0.29) is 35.7 Å². The first kappa shape index (κ1) is 27.9. The third kappa shape index (κ3) is 7.64. The number of sulfonamides is 1. The third-order valence-corrected chi connectivity index (χ3v) is 8.76. The van der Waals surface area contributed by atoms with Crippen molar-refractivity contribution in [3.63, 3.8) is 0 Å². The van der Waals surface area contributed by atoms with Gasteiger partial charge in [0, 0.05) is 32.6 Å². The summed E-state index contributed by atoms with van der Waals surface area (Å²) in [5.41, 5.74) is 1.11. The van der Waals surface area contributed by atoms with Crippen LogP contribution in [-0.2, 0) is 26.0 Å². The first-order chi connectivity index (χ1) is 17.3. The average Bonchev–Trinajstić information content (AvgIpc) is 3.40. The van der Waals surface area contributed by atoms with Crippen LogP contribution in [0.1, 0.15) is 57.4 Å². The Morgan fingerprint density at radius 3 is 2.19 bits per heavy atom. The quantitative estimate of drug-likeness (QED) is 0.439. The molecule has 2 aromatic rings. The molecule has 0 aliphatic heterocycles. The molecule has 1 saturated carbocycles. The van der Waals surface area contributed by atoms with Gasteiger partial charge in [-0.05, 0) is 49.8 Å². The second-order valence-electron chi connectivity index (χ2n) is 9.48. The van der Waals surface area contributed by atoms with E-state index in [4.69, 9.17) is 0 Å². The Hall–Kier alpha value is -2.71. The minimum Gasteiger partial charge on any atom is -0.352 e. The minimum atomic E-state index is -3.61. The summed E-state index contributed by atoms with van der Waals surface area (Å²) in [6.07, 6.45) is 5.96. The molecule has 0 saturated heterocycles. The van der Waals surface area contributed by atoms with E-state index in [0.29, 0.717) is 25.8 Å². The van der Waals surface area contributed by atoms with Crippen molar-refractivity contribution in [1.82, 2.24) is 14.5 Å². The normalized spacial score (nSPS) is 15.1. The van der Waals surface area contributed by atoms with Gasteiger partial charge < -0.3 is 10.2 Å². The summed E-state index contributed by atoms with van der Waals surface area (Å²) in [6, 6.07) is 17.9. The van der Waals surface area contributed by atoms with Crippen molar-refractivity contribution in [3.05, 3.63) is 66.2 Å². The van der Waals surface area contributed by atoms with Crippen LogP contribution in [0.5, 0.6) is 0 Å². The highest BCUT2D eigenvalue weighted by Gasteiger charge is 2.30. The van der Waals surface area contributed by atoms with Crippen LogP contribution in [0.4, 0.5) is 0 Å². The fourth-order valence-corrected chi connectivity index (χ4v) is 5.98. The summed E-state index contributed by atoms with van der Waals surface area (Å²) in [6.45, 7) is 2.60. The van der Waals surface area contributed by atoms with E-state index >= 15 is 0 Å². The molecular formula is C28H39N3O4S. The van der Waals surface area contributed by atoms with Gasteiger partial charge in [0.1, 0.15) is 6.04 Å². The smallest absolute Gasteiger partial charge is 0.243 e. The van der Waals surface area contributed by atoms with Gasteiger partial charge in [0.25, 0.3) is 0 Å². The molecule has 1 aliphatic rings. The summed E-state index contributed by atoms with van der Waals surface area (Å²) < 4.78 is 26.9. The Labute approximate surface area is 215 Å². The number of amides is 2. The van der Waals surface area contributed by atoms with Crippen molar-refractivity contribution in [2.24, 2.45) is 0 Å². The van der Waals surface area contributed by atoms with Crippen LogP contribution in [0.25, 0.3) is 0 Å². The number of rotatable bonds is 13. The molecule has 2 amide bonds. The van der Waals surface area contributed by atoms with Crippen LogP contribution in [-0.4, -0.2) is 61.7 Å².